The van der Waals surface area contributed by atoms with Crippen molar-refractivity contribution in [2.75, 3.05) is 11.1 Å². The summed E-state index contributed by atoms with van der Waals surface area (Å²) >= 11 is 6.65. The topological polar surface area (TPSA) is 118 Å². The number of amides is 1. The molecule has 2 atom stereocenters. The van der Waals surface area contributed by atoms with Crippen LogP contribution in [-0.2, 0) is 4.79 Å². The van der Waals surface area contributed by atoms with Gasteiger partial charge in [0.2, 0.25) is 5.91 Å². The molecule has 8 heteroatoms. The molecule has 0 unspecified atom stereocenters. The molecular weight excluding hydrogens is 376 g/mol. The smallest absolute Gasteiger partial charge is 0.228 e. The molecular formula is C20H17ClN6O. The number of halogens is 1. The van der Waals surface area contributed by atoms with Gasteiger partial charge in [-0.3, -0.25) is 9.78 Å². The summed E-state index contributed by atoms with van der Waals surface area (Å²) in [5.41, 5.74) is 8.43. The summed E-state index contributed by atoms with van der Waals surface area (Å²) in [6.45, 7) is 1.95. The number of carbonyl (C=O) groups excluding carboxylic acids is 1. The van der Waals surface area contributed by atoms with Gasteiger partial charge in [-0.05, 0) is 37.0 Å². The van der Waals surface area contributed by atoms with E-state index in [1.807, 2.05) is 13.0 Å². The van der Waals surface area contributed by atoms with Crippen molar-refractivity contribution in [3.05, 3.63) is 41.3 Å². The lowest BCUT2D eigenvalue weighted by molar-refractivity contribution is -0.117. The van der Waals surface area contributed by atoms with Crippen LogP contribution >= 0.6 is 11.6 Å². The van der Waals surface area contributed by atoms with Gasteiger partial charge in [-0.1, -0.05) is 11.6 Å². The predicted octanol–water partition coefficient (Wildman–Crippen LogP) is 3.72. The van der Waals surface area contributed by atoms with Gasteiger partial charge in [-0.15, -0.1) is 0 Å². The number of hydrogen-bond acceptors (Lipinski definition) is 6. The van der Waals surface area contributed by atoms with Crippen LogP contribution in [0.2, 0.25) is 5.02 Å². The van der Waals surface area contributed by atoms with Gasteiger partial charge >= 0.3 is 0 Å². The molecule has 7 nitrogen and oxygen atoms in total. The Balaban J connectivity index is 1.71. The molecule has 28 heavy (non-hydrogen) atoms. The molecule has 1 fully saturated rings. The van der Waals surface area contributed by atoms with Gasteiger partial charge in [0.15, 0.2) is 0 Å². The van der Waals surface area contributed by atoms with Crippen LogP contribution < -0.4 is 11.1 Å². The second kappa shape index (κ2) is 7.06. The molecule has 0 saturated heterocycles. The molecule has 0 spiro atoms. The summed E-state index contributed by atoms with van der Waals surface area (Å²) in [6, 6.07) is 5.68. The number of hydrogen-bond donors (Lipinski definition) is 2. The van der Waals surface area contributed by atoms with Gasteiger partial charge in [0.25, 0.3) is 0 Å². The van der Waals surface area contributed by atoms with E-state index in [2.05, 4.69) is 26.3 Å². The van der Waals surface area contributed by atoms with E-state index in [1.54, 1.807) is 24.7 Å². The van der Waals surface area contributed by atoms with Crippen LogP contribution in [0.25, 0.3) is 22.0 Å². The van der Waals surface area contributed by atoms with Crippen LogP contribution in [0.1, 0.15) is 18.4 Å². The highest BCUT2D eigenvalue weighted by atomic mass is 35.5. The first-order chi connectivity index (χ1) is 13.5. The van der Waals surface area contributed by atoms with Crippen LogP contribution in [0.5, 0.6) is 0 Å². The van der Waals surface area contributed by atoms with Crippen LogP contribution in [0.4, 0.5) is 11.6 Å². The number of nitrogen functional groups attached to an aromatic ring is 1. The monoisotopic (exact) mass is 392 g/mol. The largest absolute Gasteiger partial charge is 0.383 e. The molecule has 0 aliphatic heterocycles. The van der Waals surface area contributed by atoms with Crippen molar-refractivity contribution in [3.8, 4) is 17.3 Å². The number of aryl methyl sites for hydroxylation is 1. The zero-order valence-electron chi connectivity index (χ0n) is 15.1. The third-order valence-corrected chi connectivity index (χ3v) is 5.40. The number of rotatable bonds is 4. The SMILES string of the molecule is Cc1ccncc1-c1nc(N)c2cnc(NC(=O)[C@H]3C[C@@H]3CC#N)cc2c1Cl. The average Bonchev–Trinajstić information content (AvgIpc) is 3.45. The molecule has 0 bridgehead atoms. The summed E-state index contributed by atoms with van der Waals surface area (Å²) in [4.78, 5) is 25.2. The lowest BCUT2D eigenvalue weighted by atomic mass is 10.1. The summed E-state index contributed by atoms with van der Waals surface area (Å²) in [7, 11) is 0. The summed E-state index contributed by atoms with van der Waals surface area (Å²) in [6.07, 6.45) is 6.08. The molecule has 3 aromatic rings. The highest BCUT2D eigenvalue weighted by molar-refractivity contribution is 6.38. The number of carbonyl (C=O) groups is 1. The van der Waals surface area contributed by atoms with Gasteiger partial charge in [0, 0.05) is 47.3 Å². The van der Waals surface area contributed by atoms with E-state index in [9.17, 15) is 4.79 Å². The molecule has 0 radical (unpaired) electrons. The summed E-state index contributed by atoms with van der Waals surface area (Å²) in [5, 5.41) is 13.3. The number of nitrogens with zero attached hydrogens (tertiary/aromatic N) is 4. The fourth-order valence-electron chi connectivity index (χ4n) is 3.29. The Labute approximate surface area is 166 Å². The van der Waals surface area contributed by atoms with Crippen molar-refractivity contribution in [1.29, 1.82) is 5.26 Å². The van der Waals surface area contributed by atoms with Crippen molar-refractivity contribution < 1.29 is 4.79 Å². The van der Waals surface area contributed by atoms with E-state index in [1.165, 1.54) is 0 Å². The number of nitriles is 1. The molecule has 4 rings (SSSR count). The Morgan fingerprint density at radius 1 is 1.43 bits per heavy atom. The second-order valence-corrected chi connectivity index (χ2v) is 7.30. The average molecular weight is 393 g/mol. The van der Waals surface area contributed by atoms with Gasteiger partial charge in [-0.2, -0.15) is 5.26 Å². The van der Waals surface area contributed by atoms with E-state index in [0.29, 0.717) is 39.5 Å². The zero-order valence-corrected chi connectivity index (χ0v) is 15.9. The molecule has 3 heterocycles. The zero-order chi connectivity index (χ0) is 19.8. The van der Waals surface area contributed by atoms with Gasteiger partial charge in [-0.25, -0.2) is 9.97 Å². The molecule has 1 aliphatic carbocycles. The molecule has 0 aromatic carbocycles. The number of nitrogens with one attached hydrogen (secondary N) is 1. The highest BCUT2D eigenvalue weighted by Crippen LogP contribution is 2.42. The van der Waals surface area contributed by atoms with Crippen LogP contribution in [0.3, 0.4) is 0 Å². The first kappa shape index (κ1) is 18.1. The van der Waals surface area contributed by atoms with Gasteiger partial charge < -0.3 is 11.1 Å². The molecule has 3 N–H and O–H groups in total. The van der Waals surface area contributed by atoms with E-state index >= 15 is 0 Å². The number of anilines is 2. The van der Waals surface area contributed by atoms with Crippen molar-refractivity contribution in [2.24, 2.45) is 11.8 Å². The first-order valence-corrected chi connectivity index (χ1v) is 9.21. The predicted molar refractivity (Wildman–Crippen MR) is 107 cm³/mol. The van der Waals surface area contributed by atoms with Crippen LogP contribution in [0, 0.1) is 30.1 Å². The standard InChI is InChI=1S/C20H17ClN6O/c1-10-3-5-24-8-14(10)18-17(21)13-7-16(25-9-15(13)19(23)27-18)26-20(28)12-6-11(12)2-4-22/h3,5,7-9,11-12H,2,6H2,1H3,(H2,23,27)(H,25,26,28)/t11-,12-/m0/s1. The van der Waals surface area contributed by atoms with Crippen LogP contribution in [0.15, 0.2) is 30.7 Å². The van der Waals surface area contributed by atoms with E-state index in [0.717, 1.165) is 17.5 Å². The Kier molecular flexibility index (Phi) is 4.57. The quantitative estimate of drug-likeness (QED) is 0.698. The maximum Gasteiger partial charge on any atom is 0.228 e. The highest BCUT2D eigenvalue weighted by Gasteiger charge is 2.42. The third-order valence-electron chi connectivity index (χ3n) is 5.01. The van der Waals surface area contributed by atoms with Gasteiger partial charge in [0.05, 0.1) is 16.8 Å². The second-order valence-electron chi connectivity index (χ2n) is 6.92. The molecule has 1 saturated carbocycles. The molecule has 1 amide bonds. The minimum atomic E-state index is -0.135. The van der Waals surface area contributed by atoms with E-state index in [4.69, 9.17) is 22.6 Å². The number of pyridine rings is 3. The van der Waals surface area contributed by atoms with Crippen LogP contribution in [-0.4, -0.2) is 20.9 Å². The summed E-state index contributed by atoms with van der Waals surface area (Å²) < 4.78 is 0. The van der Waals surface area contributed by atoms with E-state index in [-0.39, 0.29) is 17.7 Å². The number of nitrogens with two attached hydrogens (primary N) is 1. The van der Waals surface area contributed by atoms with Crippen molar-refractivity contribution >= 4 is 39.9 Å². The third kappa shape index (κ3) is 3.23. The molecule has 140 valence electrons. The Hall–Kier alpha value is -3.24. The summed E-state index contributed by atoms with van der Waals surface area (Å²) in [5.74, 6) is 0.562. The Morgan fingerprint density at radius 3 is 3.00 bits per heavy atom. The molecule has 3 aromatic heterocycles. The van der Waals surface area contributed by atoms with Crippen molar-refractivity contribution in [3.63, 3.8) is 0 Å². The molecule has 1 aliphatic rings. The number of fused-ring (bicyclic) bond motifs is 1. The maximum absolute atomic E-state index is 12.3. The fraction of sp³-hybridized carbons (Fsp3) is 0.250. The van der Waals surface area contributed by atoms with Gasteiger partial charge in [0.1, 0.15) is 11.6 Å². The lowest BCUT2D eigenvalue weighted by Gasteiger charge is -2.12. The Bertz CT molecular complexity index is 1140. The fourth-order valence-corrected chi connectivity index (χ4v) is 3.59. The minimum Gasteiger partial charge on any atom is -0.383 e. The van der Waals surface area contributed by atoms with E-state index < -0.39 is 0 Å². The normalized spacial score (nSPS) is 17.9. The lowest BCUT2D eigenvalue weighted by Crippen LogP contribution is -2.15. The first-order valence-electron chi connectivity index (χ1n) is 8.83. The van der Waals surface area contributed by atoms with Crippen molar-refractivity contribution in [2.45, 2.75) is 19.8 Å². The number of aromatic nitrogens is 3. The van der Waals surface area contributed by atoms with Crippen molar-refractivity contribution in [1.82, 2.24) is 15.0 Å². The minimum absolute atomic E-state index is 0.131. The Morgan fingerprint density at radius 2 is 2.25 bits per heavy atom. The maximum atomic E-state index is 12.3.